The van der Waals surface area contributed by atoms with Gasteiger partial charge in [-0.05, 0) is 31.2 Å². The van der Waals surface area contributed by atoms with Gasteiger partial charge in [0.05, 0.1) is 11.2 Å². The lowest BCUT2D eigenvalue weighted by atomic mass is 10.1. The summed E-state index contributed by atoms with van der Waals surface area (Å²) in [7, 11) is 0. The van der Waals surface area contributed by atoms with Crippen molar-refractivity contribution in [3.63, 3.8) is 0 Å². The van der Waals surface area contributed by atoms with E-state index in [1.807, 2.05) is 41.8 Å². The van der Waals surface area contributed by atoms with Crippen LogP contribution in [0.4, 0.5) is 5.69 Å². The predicted molar refractivity (Wildman–Crippen MR) is 77.5 cm³/mol. The number of pyridine rings is 1. The number of anilines is 1. The number of nitrogen functional groups attached to an aromatic ring is 1. The van der Waals surface area contributed by atoms with Crippen molar-refractivity contribution in [3.8, 4) is 11.3 Å². The highest BCUT2D eigenvalue weighted by atomic mass is 79.9. The van der Waals surface area contributed by atoms with Gasteiger partial charge in [-0.2, -0.15) is 0 Å². The first-order valence-corrected chi connectivity index (χ1v) is 6.44. The van der Waals surface area contributed by atoms with E-state index in [0.29, 0.717) is 0 Å². The maximum atomic E-state index is 5.86. The van der Waals surface area contributed by atoms with Gasteiger partial charge in [-0.3, -0.25) is 0 Å². The molecule has 3 nitrogen and oxygen atoms in total. The molecule has 4 heteroatoms. The molecule has 0 fully saturated rings. The normalized spacial score (nSPS) is 11.0. The molecule has 0 aliphatic carbocycles. The van der Waals surface area contributed by atoms with E-state index in [4.69, 9.17) is 5.73 Å². The molecule has 0 aliphatic heterocycles. The van der Waals surface area contributed by atoms with E-state index in [2.05, 4.69) is 33.0 Å². The van der Waals surface area contributed by atoms with Crippen LogP contribution in [-0.2, 0) is 0 Å². The first-order chi connectivity index (χ1) is 8.65. The van der Waals surface area contributed by atoms with Crippen LogP contribution < -0.4 is 5.73 Å². The monoisotopic (exact) mass is 301 g/mol. The lowest BCUT2D eigenvalue weighted by molar-refractivity contribution is 1.05. The standard InChI is InChI=1S/C14H12BrN3/c1-9-17-14(10-2-4-11(15)5-3-10)13-8-12(16)6-7-18(9)13/h2-8H,16H2,1H3. The van der Waals surface area contributed by atoms with Crippen molar-refractivity contribution in [2.75, 3.05) is 5.73 Å². The maximum absolute atomic E-state index is 5.86. The van der Waals surface area contributed by atoms with Gasteiger partial charge < -0.3 is 10.1 Å². The molecule has 0 bridgehead atoms. The fourth-order valence-electron chi connectivity index (χ4n) is 2.07. The van der Waals surface area contributed by atoms with Crippen molar-refractivity contribution in [2.45, 2.75) is 6.92 Å². The van der Waals surface area contributed by atoms with E-state index in [0.717, 1.165) is 32.8 Å². The third kappa shape index (κ3) is 1.78. The molecule has 3 rings (SSSR count). The van der Waals surface area contributed by atoms with E-state index in [-0.39, 0.29) is 0 Å². The minimum absolute atomic E-state index is 0.751. The van der Waals surface area contributed by atoms with Crippen molar-refractivity contribution in [1.82, 2.24) is 9.38 Å². The van der Waals surface area contributed by atoms with Gasteiger partial charge in [0.25, 0.3) is 0 Å². The zero-order chi connectivity index (χ0) is 12.7. The molecule has 2 aromatic heterocycles. The number of benzene rings is 1. The molecular weight excluding hydrogens is 290 g/mol. The second kappa shape index (κ2) is 4.14. The van der Waals surface area contributed by atoms with Crippen LogP contribution in [0.5, 0.6) is 0 Å². The number of nitrogens with two attached hydrogens (primary N) is 1. The molecule has 2 N–H and O–H groups in total. The Hall–Kier alpha value is -1.81. The Kier molecular flexibility index (Phi) is 2.59. The molecule has 0 aliphatic rings. The Bertz CT molecular complexity index is 714. The maximum Gasteiger partial charge on any atom is 0.110 e. The highest BCUT2D eigenvalue weighted by Crippen LogP contribution is 2.27. The Balaban J connectivity index is 2.28. The summed E-state index contributed by atoms with van der Waals surface area (Å²) in [5, 5.41) is 0. The highest BCUT2D eigenvalue weighted by Gasteiger charge is 2.10. The quantitative estimate of drug-likeness (QED) is 0.745. The fourth-order valence-corrected chi connectivity index (χ4v) is 2.34. The van der Waals surface area contributed by atoms with Crippen molar-refractivity contribution in [3.05, 3.63) is 52.9 Å². The van der Waals surface area contributed by atoms with E-state index in [1.165, 1.54) is 0 Å². The van der Waals surface area contributed by atoms with Gasteiger partial charge in [0.1, 0.15) is 5.82 Å². The molecule has 18 heavy (non-hydrogen) atoms. The van der Waals surface area contributed by atoms with E-state index < -0.39 is 0 Å². The van der Waals surface area contributed by atoms with Crippen LogP contribution in [0, 0.1) is 6.92 Å². The second-order valence-corrected chi connectivity index (χ2v) is 5.15. The summed E-state index contributed by atoms with van der Waals surface area (Å²) >= 11 is 3.44. The number of aromatic nitrogens is 2. The van der Waals surface area contributed by atoms with Crippen LogP contribution in [0.25, 0.3) is 16.8 Å². The zero-order valence-corrected chi connectivity index (χ0v) is 11.5. The van der Waals surface area contributed by atoms with E-state index >= 15 is 0 Å². The smallest absolute Gasteiger partial charge is 0.110 e. The van der Waals surface area contributed by atoms with Crippen molar-refractivity contribution in [1.29, 1.82) is 0 Å². The van der Waals surface area contributed by atoms with Crippen LogP contribution >= 0.6 is 15.9 Å². The van der Waals surface area contributed by atoms with Gasteiger partial charge in [-0.25, -0.2) is 4.98 Å². The fraction of sp³-hybridized carbons (Fsp3) is 0.0714. The van der Waals surface area contributed by atoms with Gasteiger partial charge in [0, 0.05) is 21.9 Å². The minimum atomic E-state index is 0.751. The number of nitrogens with zero attached hydrogens (tertiary/aromatic N) is 2. The molecule has 0 saturated heterocycles. The largest absolute Gasteiger partial charge is 0.399 e. The van der Waals surface area contributed by atoms with Gasteiger partial charge in [-0.1, -0.05) is 28.1 Å². The summed E-state index contributed by atoms with van der Waals surface area (Å²) < 4.78 is 3.11. The first kappa shape index (κ1) is 11.3. The highest BCUT2D eigenvalue weighted by molar-refractivity contribution is 9.10. The predicted octanol–water partition coefficient (Wildman–Crippen LogP) is 3.65. The Morgan fingerprint density at radius 3 is 2.61 bits per heavy atom. The summed E-state index contributed by atoms with van der Waals surface area (Å²) in [5.74, 6) is 0.961. The van der Waals surface area contributed by atoms with Crippen LogP contribution in [0.3, 0.4) is 0 Å². The van der Waals surface area contributed by atoms with Crippen LogP contribution in [-0.4, -0.2) is 9.38 Å². The molecular formula is C14H12BrN3. The molecule has 0 amide bonds. The Morgan fingerprint density at radius 2 is 1.89 bits per heavy atom. The minimum Gasteiger partial charge on any atom is -0.399 e. The number of halogens is 1. The average molecular weight is 302 g/mol. The molecule has 0 spiro atoms. The van der Waals surface area contributed by atoms with E-state index in [1.54, 1.807) is 0 Å². The average Bonchev–Trinajstić information content (AvgIpc) is 2.67. The number of rotatable bonds is 1. The number of imidazole rings is 1. The van der Waals surface area contributed by atoms with Crippen LogP contribution in [0.15, 0.2) is 47.1 Å². The second-order valence-electron chi connectivity index (χ2n) is 4.23. The van der Waals surface area contributed by atoms with E-state index in [9.17, 15) is 0 Å². The summed E-state index contributed by atoms with van der Waals surface area (Å²) in [6.07, 6.45) is 1.95. The number of hydrogen-bond donors (Lipinski definition) is 1. The SMILES string of the molecule is Cc1nc(-c2ccc(Br)cc2)c2cc(N)ccn12. The Morgan fingerprint density at radius 1 is 1.17 bits per heavy atom. The van der Waals surface area contributed by atoms with Crippen molar-refractivity contribution in [2.24, 2.45) is 0 Å². The first-order valence-electron chi connectivity index (χ1n) is 5.65. The number of fused-ring (bicyclic) bond motifs is 1. The third-order valence-corrected chi connectivity index (χ3v) is 3.49. The molecule has 1 aromatic carbocycles. The summed E-state index contributed by atoms with van der Waals surface area (Å²) in [4.78, 5) is 4.62. The van der Waals surface area contributed by atoms with Gasteiger partial charge in [0.2, 0.25) is 0 Å². The number of aryl methyl sites for hydroxylation is 1. The topological polar surface area (TPSA) is 43.3 Å². The molecule has 0 radical (unpaired) electrons. The van der Waals surface area contributed by atoms with Crippen molar-refractivity contribution >= 4 is 27.1 Å². The molecule has 0 saturated carbocycles. The lowest BCUT2D eigenvalue weighted by Gasteiger charge is -2.01. The summed E-state index contributed by atoms with van der Waals surface area (Å²) in [6, 6.07) is 12.0. The molecule has 3 aromatic rings. The summed E-state index contributed by atoms with van der Waals surface area (Å²) in [6.45, 7) is 1.99. The van der Waals surface area contributed by atoms with Crippen molar-refractivity contribution < 1.29 is 0 Å². The van der Waals surface area contributed by atoms with Crippen LogP contribution in [0.1, 0.15) is 5.82 Å². The molecule has 0 atom stereocenters. The van der Waals surface area contributed by atoms with Gasteiger partial charge in [0.15, 0.2) is 0 Å². The number of hydrogen-bond acceptors (Lipinski definition) is 2. The lowest BCUT2D eigenvalue weighted by Crippen LogP contribution is -1.90. The molecule has 90 valence electrons. The molecule has 0 unspecified atom stereocenters. The molecule has 2 heterocycles. The van der Waals surface area contributed by atoms with Crippen LogP contribution in [0.2, 0.25) is 0 Å². The third-order valence-electron chi connectivity index (χ3n) is 2.96. The zero-order valence-electron chi connectivity index (χ0n) is 9.89. The van der Waals surface area contributed by atoms with Gasteiger partial charge >= 0.3 is 0 Å². The summed E-state index contributed by atoms with van der Waals surface area (Å²) in [5.41, 5.74) is 9.70. The Labute approximate surface area is 113 Å². The van der Waals surface area contributed by atoms with Gasteiger partial charge in [-0.15, -0.1) is 0 Å².